The van der Waals surface area contributed by atoms with Crippen LogP contribution in [0.5, 0.6) is 0 Å². The summed E-state index contributed by atoms with van der Waals surface area (Å²) >= 11 is 0. The van der Waals surface area contributed by atoms with Crippen LogP contribution in [-0.2, 0) is 4.74 Å². The Kier molecular flexibility index (Phi) is 4.83. The van der Waals surface area contributed by atoms with Crippen molar-refractivity contribution >= 4 is 33.9 Å². The maximum absolute atomic E-state index is 13.1. The zero-order valence-electron chi connectivity index (χ0n) is 18.0. The Labute approximate surface area is 189 Å². The summed E-state index contributed by atoms with van der Waals surface area (Å²) in [7, 11) is 0. The minimum Gasteiger partial charge on any atom is -0.438 e. The van der Waals surface area contributed by atoms with E-state index in [0.717, 1.165) is 25.0 Å². The third kappa shape index (κ3) is 3.64. The first kappa shape index (κ1) is 19.9. The number of hydrogen-bond acceptors (Lipinski definition) is 7. The van der Waals surface area contributed by atoms with Gasteiger partial charge in [-0.05, 0) is 43.2 Å². The van der Waals surface area contributed by atoms with E-state index in [1.54, 1.807) is 18.2 Å². The molecule has 2 aliphatic rings. The molecule has 1 N–H and O–H groups in total. The van der Waals surface area contributed by atoms with Crippen LogP contribution >= 0.6 is 0 Å². The smallest absolute Gasteiger partial charge is 0.260 e. The van der Waals surface area contributed by atoms with Crippen molar-refractivity contribution < 1.29 is 13.9 Å². The highest BCUT2D eigenvalue weighted by Gasteiger charge is 2.26. The average molecular weight is 445 g/mol. The number of rotatable bonds is 3. The minimum absolute atomic E-state index is 0.0495. The number of anilines is 1. The molecule has 1 unspecified atom stereocenters. The number of amides is 1. The van der Waals surface area contributed by atoms with Crippen molar-refractivity contribution in [1.82, 2.24) is 19.9 Å². The molecule has 1 atom stereocenters. The van der Waals surface area contributed by atoms with Gasteiger partial charge in [0.2, 0.25) is 11.8 Å². The summed E-state index contributed by atoms with van der Waals surface area (Å²) < 4.78 is 11.5. The number of para-hydroxylation sites is 1. The standard InChI is InChI=1S/C24H23N5O4/c30-21-16-4-1-2-5-17(16)26-24(27-21)29-11-9-28(10-12-29)23(31)15-7-8-18-20(14-15)33-22(25-18)19-6-3-13-32-19/h1-2,4-5,7-8,14,19H,3,6,9-13H2,(H,26,27,30). The molecule has 0 saturated carbocycles. The molecule has 2 fully saturated rings. The van der Waals surface area contributed by atoms with E-state index in [4.69, 9.17) is 9.15 Å². The zero-order valence-corrected chi connectivity index (χ0v) is 18.0. The largest absolute Gasteiger partial charge is 0.438 e. The lowest BCUT2D eigenvalue weighted by Crippen LogP contribution is -2.49. The SMILES string of the molecule is O=C(c1ccc2nc(C3CCCO3)oc2c1)N1CCN(c2nc3ccccc3c(=O)[nH]2)CC1. The average Bonchev–Trinajstić information content (AvgIpc) is 3.53. The molecule has 33 heavy (non-hydrogen) atoms. The number of H-pyrrole nitrogens is 1. The second-order valence-electron chi connectivity index (χ2n) is 8.42. The molecule has 168 valence electrons. The summed E-state index contributed by atoms with van der Waals surface area (Å²) in [5.74, 6) is 1.07. The lowest BCUT2D eigenvalue weighted by atomic mass is 10.1. The van der Waals surface area contributed by atoms with E-state index >= 15 is 0 Å². The third-order valence-corrected chi connectivity index (χ3v) is 6.32. The molecule has 9 heteroatoms. The lowest BCUT2D eigenvalue weighted by Gasteiger charge is -2.35. The van der Waals surface area contributed by atoms with Crippen molar-refractivity contribution in [1.29, 1.82) is 0 Å². The van der Waals surface area contributed by atoms with Crippen LogP contribution in [0.2, 0.25) is 0 Å². The van der Waals surface area contributed by atoms with Crippen LogP contribution in [0.1, 0.15) is 35.2 Å². The van der Waals surface area contributed by atoms with Gasteiger partial charge in [0, 0.05) is 38.3 Å². The molecule has 0 radical (unpaired) electrons. The van der Waals surface area contributed by atoms with E-state index in [2.05, 4.69) is 15.0 Å². The molecular formula is C24H23N5O4. The van der Waals surface area contributed by atoms with E-state index in [0.29, 0.717) is 60.1 Å². The Bertz CT molecular complexity index is 1400. The van der Waals surface area contributed by atoms with E-state index in [-0.39, 0.29) is 17.6 Å². The van der Waals surface area contributed by atoms with Crippen LogP contribution in [0, 0.1) is 0 Å². The van der Waals surface area contributed by atoms with Crippen molar-refractivity contribution in [3.8, 4) is 0 Å². The van der Waals surface area contributed by atoms with Crippen molar-refractivity contribution in [2.75, 3.05) is 37.7 Å². The Morgan fingerprint density at radius 3 is 2.70 bits per heavy atom. The normalized spacial score (nSPS) is 19.0. The van der Waals surface area contributed by atoms with Crippen LogP contribution in [0.15, 0.2) is 51.7 Å². The monoisotopic (exact) mass is 445 g/mol. The maximum atomic E-state index is 13.1. The number of oxazole rings is 1. The minimum atomic E-state index is -0.156. The highest BCUT2D eigenvalue weighted by Crippen LogP contribution is 2.30. The number of nitrogens with one attached hydrogen (secondary N) is 1. The predicted molar refractivity (Wildman–Crippen MR) is 122 cm³/mol. The van der Waals surface area contributed by atoms with Gasteiger partial charge in [0.15, 0.2) is 5.58 Å². The molecule has 2 aromatic carbocycles. The van der Waals surface area contributed by atoms with Crippen LogP contribution in [0.3, 0.4) is 0 Å². The molecule has 2 aromatic heterocycles. The Morgan fingerprint density at radius 2 is 1.88 bits per heavy atom. The van der Waals surface area contributed by atoms with Crippen molar-refractivity contribution in [2.24, 2.45) is 0 Å². The van der Waals surface area contributed by atoms with Gasteiger partial charge in [0.25, 0.3) is 11.5 Å². The molecular weight excluding hydrogens is 422 g/mol. The fourth-order valence-corrected chi connectivity index (χ4v) is 4.51. The first-order chi connectivity index (χ1) is 16.2. The first-order valence-corrected chi connectivity index (χ1v) is 11.2. The zero-order chi connectivity index (χ0) is 22.4. The van der Waals surface area contributed by atoms with Crippen molar-refractivity contribution in [3.05, 3.63) is 64.3 Å². The number of carbonyl (C=O) groups is 1. The molecule has 4 heterocycles. The molecule has 1 amide bonds. The molecule has 0 spiro atoms. The summed E-state index contributed by atoms with van der Waals surface area (Å²) in [6, 6.07) is 12.7. The number of piperazine rings is 1. The number of fused-ring (bicyclic) bond motifs is 2. The van der Waals surface area contributed by atoms with Crippen LogP contribution in [0.4, 0.5) is 5.95 Å². The van der Waals surface area contributed by atoms with Crippen LogP contribution < -0.4 is 10.5 Å². The molecule has 2 aliphatic heterocycles. The van der Waals surface area contributed by atoms with Crippen LogP contribution in [0.25, 0.3) is 22.0 Å². The highest BCUT2D eigenvalue weighted by molar-refractivity contribution is 5.97. The lowest BCUT2D eigenvalue weighted by molar-refractivity contribution is 0.0746. The van der Waals surface area contributed by atoms with Crippen molar-refractivity contribution in [3.63, 3.8) is 0 Å². The van der Waals surface area contributed by atoms with Gasteiger partial charge >= 0.3 is 0 Å². The molecule has 6 rings (SSSR count). The number of aromatic nitrogens is 3. The Hall–Kier alpha value is -3.72. The molecule has 9 nitrogen and oxygen atoms in total. The second kappa shape index (κ2) is 8.00. The Balaban J connectivity index is 1.17. The number of ether oxygens (including phenoxy) is 1. The number of carbonyl (C=O) groups excluding carboxylic acids is 1. The van der Waals surface area contributed by atoms with Gasteiger partial charge in [-0.25, -0.2) is 9.97 Å². The van der Waals surface area contributed by atoms with E-state index in [9.17, 15) is 9.59 Å². The van der Waals surface area contributed by atoms with Gasteiger partial charge in [0.1, 0.15) is 11.6 Å². The molecule has 2 saturated heterocycles. The van der Waals surface area contributed by atoms with Gasteiger partial charge in [0.05, 0.1) is 10.9 Å². The first-order valence-electron chi connectivity index (χ1n) is 11.2. The van der Waals surface area contributed by atoms with Gasteiger partial charge < -0.3 is 19.0 Å². The quantitative estimate of drug-likeness (QED) is 0.517. The number of benzene rings is 2. The number of aromatic amines is 1. The fraction of sp³-hybridized carbons (Fsp3) is 0.333. The molecule has 4 aromatic rings. The summed E-state index contributed by atoms with van der Waals surface area (Å²) in [5.41, 5.74) is 2.41. The summed E-state index contributed by atoms with van der Waals surface area (Å²) in [5, 5.41) is 0.570. The van der Waals surface area contributed by atoms with E-state index in [1.165, 1.54) is 0 Å². The summed E-state index contributed by atoms with van der Waals surface area (Å²) in [6.45, 7) is 2.96. The van der Waals surface area contributed by atoms with Crippen LogP contribution in [-0.4, -0.2) is 58.5 Å². The highest BCUT2D eigenvalue weighted by atomic mass is 16.5. The topological polar surface area (TPSA) is 105 Å². The van der Waals surface area contributed by atoms with Gasteiger partial charge in [-0.1, -0.05) is 12.1 Å². The summed E-state index contributed by atoms with van der Waals surface area (Å²) in [6.07, 6.45) is 1.81. The maximum Gasteiger partial charge on any atom is 0.260 e. The van der Waals surface area contributed by atoms with Gasteiger partial charge in [-0.2, -0.15) is 0 Å². The van der Waals surface area contributed by atoms with Gasteiger partial charge in [-0.3, -0.25) is 14.6 Å². The Morgan fingerprint density at radius 1 is 1.03 bits per heavy atom. The fourth-order valence-electron chi connectivity index (χ4n) is 4.51. The van der Waals surface area contributed by atoms with Crippen molar-refractivity contribution in [2.45, 2.75) is 18.9 Å². The predicted octanol–water partition coefficient (Wildman–Crippen LogP) is 2.88. The van der Waals surface area contributed by atoms with E-state index in [1.807, 2.05) is 34.1 Å². The molecule has 0 aliphatic carbocycles. The second-order valence-corrected chi connectivity index (χ2v) is 8.42. The number of nitrogens with zero attached hydrogens (tertiary/aromatic N) is 4. The van der Waals surface area contributed by atoms with Gasteiger partial charge in [-0.15, -0.1) is 0 Å². The third-order valence-electron chi connectivity index (χ3n) is 6.32. The number of hydrogen-bond donors (Lipinski definition) is 1. The summed E-state index contributed by atoms with van der Waals surface area (Å²) in [4.78, 5) is 41.3. The van der Waals surface area contributed by atoms with E-state index < -0.39 is 0 Å². The molecule has 0 bridgehead atoms.